The van der Waals surface area contributed by atoms with Crippen molar-refractivity contribution >= 4 is 16.5 Å². The maximum absolute atomic E-state index is 3.17. The van der Waals surface area contributed by atoms with Crippen LogP contribution in [0.4, 0.5) is 5.69 Å². The molecule has 0 aliphatic heterocycles. The second-order valence-corrected chi connectivity index (χ2v) is 4.25. The van der Waals surface area contributed by atoms with Crippen molar-refractivity contribution in [2.45, 2.75) is 26.2 Å². The SMILES string of the molecule is CCCCc1ccc2cc(NC)ccc2c1. The number of nitrogens with one attached hydrogen (secondary N) is 1. The minimum absolute atomic E-state index is 1.17. The molecule has 0 aromatic heterocycles. The summed E-state index contributed by atoms with van der Waals surface area (Å²) in [6, 6.07) is 13.3. The fourth-order valence-electron chi connectivity index (χ4n) is 1.99. The molecule has 2 aromatic carbocycles. The fraction of sp³-hybridized carbons (Fsp3) is 0.333. The van der Waals surface area contributed by atoms with Crippen molar-refractivity contribution in [2.75, 3.05) is 12.4 Å². The lowest BCUT2D eigenvalue weighted by Gasteiger charge is -2.05. The van der Waals surface area contributed by atoms with E-state index in [1.165, 1.54) is 41.3 Å². The normalized spacial score (nSPS) is 10.6. The molecule has 0 unspecified atom stereocenters. The van der Waals surface area contributed by atoms with Gasteiger partial charge < -0.3 is 5.32 Å². The minimum atomic E-state index is 1.17. The zero-order chi connectivity index (χ0) is 11.4. The molecule has 0 radical (unpaired) electrons. The minimum Gasteiger partial charge on any atom is -0.388 e. The van der Waals surface area contributed by atoms with E-state index in [2.05, 4.69) is 48.6 Å². The zero-order valence-electron chi connectivity index (χ0n) is 10.1. The summed E-state index contributed by atoms with van der Waals surface area (Å²) >= 11 is 0. The molecule has 84 valence electrons. The van der Waals surface area contributed by atoms with Crippen molar-refractivity contribution < 1.29 is 0 Å². The Bertz CT molecular complexity index is 474. The van der Waals surface area contributed by atoms with E-state index in [9.17, 15) is 0 Å². The third kappa shape index (κ3) is 2.35. The third-order valence-electron chi connectivity index (χ3n) is 3.01. The molecule has 0 aliphatic carbocycles. The summed E-state index contributed by atoms with van der Waals surface area (Å²) < 4.78 is 0. The Labute approximate surface area is 97.5 Å². The summed E-state index contributed by atoms with van der Waals surface area (Å²) in [7, 11) is 1.96. The van der Waals surface area contributed by atoms with Crippen LogP contribution in [0, 0.1) is 0 Å². The van der Waals surface area contributed by atoms with E-state index in [0.717, 1.165) is 0 Å². The molecule has 0 saturated heterocycles. The molecule has 0 heterocycles. The molecular formula is C15H19N. The van der Waals surface area contributed by atoms with Crippen LogP contribution < -0.4 is 5.32 Å². The van der Waals surface area contributed by atoms with Crippen molar-refractivity contribution in [3.63, 3.8) is 0 Å². The van der Waals surface area contributed by atoms with Gasteiger partial charge in [0.15, 0.2) is 0 Å². The van der Waals surface area contributed by atoms with Gasteiger partial charge in [-0.05, 0) is 41.3 Å². The number of anilines is 1. The van der Waals surface area contributed by atoms with E-state index in [1.54, 1.807) is 0 Å². The van der Waals surface area contributed by atoms with Crippen molar-refractivity contribution in [3.05, 3.63) is 42.0 Å². The number of hydrogen-bond donors (Lipinski definition) is 1. The molecule has 2 rings (SSSR count). The van der Waals surface area contributed by atoms with Gasteiger partial charge >= 0.3 is 0 Å². The Morgan fingerprint density at radius 2 is 1.75 bits per heavy atom. The van der Waals surface area contributed by atoms with Gasteiger partial charge in [-0.2, -0.15) is 0 Å². The predicted molar refractivity (Wildman–Crippen MR) is 72.1 cm³/mol. The lowest BCUT2D eigenvalue weighted by atomic mass is 10.0. The average molecular weight is 213 g/mol. The highest BCUT2D eigenvalue weighted by Gasteiger charge is 1.97. The van der Waals surface area contributed by atoms with Crippen LogP contribution in [-0.2, 0) is 6.42 Å². The molecule has 0 amide bonds. The van der Waals surface area contributed by atoms with Crippen LogP contribution in [0.3, 0.4) is 0 Å². The number of aryl methyl sites for hydroxylation is 1. The van der Waals surface area contributed by atoms with E-state index in [0.29, 0.717) is 0 Å². The van der Waals surface area contributed by atoms with Gasteiger partial charge in [-0.3, -0.25) is 0 Å². The molecule has 0 spiro atoms. The second kappa shape index (κ2) is 5.02. The van der Waals surface area contributed by atoms with Gasteiger partial charge in [0.1, 0.15) is 0 Å². The Morgan fingerprint density at radius 3 is 2.50 bits per heavy atom. The van der Waals surface area contributed by atoms with Crippen LogP contribution in [0.25, 0.3) is 10.8 Å². The maximum atomic E-state index is 3.17. The molecule has 2 aromatic rings. The van der Waals surface area contributed by atoms with Gasteiger partial charge in [0.25, 0.3) is 0 Å². The first-order valence-corrected chi connectivity index (χ1v) is 6.04. The largest absolute Gasteiger partial charge is 0.388 e. The summed E-state index contributed by atoms with van der Waals surface area (Å²) in [5.41, 5.74) is 2.63. The number of unbranched alkanes of at least 4 members (excludes halogenated alkanes) is 1. The summed E-state index contributed by atoms with van der Waals surface area (Å²) in [4.78, 5) is 0. The van der Waals surface area contributed by atoms with E-state index in [1.807, 2.05) is 7.05 Å². The van der Waals surface area contributed by atoms with Gasteiger partial charge in [0.2, 0.25) is 0 Å². The molecular weight excluding hydrogens is 194 g/mol. The van der Waals surface area contributed by atoms with E-state index < -0.39 is 0 Å². The highest BCUT2D eigenvalue weighted by Crippen LogP contribution is 2.21. The first-order chi connectivity index (χ1) is 7.83. The Kier molecular flexibility index (Phi) is 3.45. The highest BCUT2D eigenvalue weighted by molar-refractivity contribution is 5.86. The zero-order valence-corrected chi connectivity index (χ0v) is 10.1. The molecule has 16 heavy (non-hydrogen) atoms. The average Bonchev–Trinajstić information content (AvgIpc) is 2.35. The predicted octanol–water partition coefficient (Wildman–Crippen LogP) is 4.22. The van der Waals surface area contributed by atoms with Crippen LogP contribution in [0.1, 0.15) is 25.3 Å². The summed E-state index contributed by atoms with van der Waals surface area (Å²) in [5, 5.41) is 5.82. The van der Waals surface area contributed by atoms with Crippen LogP contribution in [0.5, 0.6) is 0 Å². The quantitative estimate of drug-likeness (QED) is 0.801. The maximum Gasteiger partial charge on any atom is 0.0343 e. The smallest absolute Gasteiger partial charge is 0.0343 e. The first-order valence-electron chi connectivity index (χ1n) is 6.04. The fourth-order valence-corrected chi connectivity index (χ4v) is 1.99. The number of fused-ring (bicyclic) bond motifs is 1. The molecule has 0 aliphatic rings. The van der Waals surface area contributed by atoms with Gasteiger partial charge in [-0.1, -0.05) is 37.6 Å². The van der Waals surface area contributed by atoms with Crippen molar-refractivity contribution in [1.82, 2.24) is 0 Å². The second-order valence-electron chi connectivity index (χ2n) is 4.25. The topological polar surface area (TPSA) is 12.0 Å². The van der Waals surface area contributed by atoms with Crippen LogP contribution >= 0.6 is 0 Å². The van der Waals surface area contributed by atoms with Crippen molar-refractivity contribution in [3.8, 4) is 0 Å². The third-order valence-corrected chi connectivity index (χ3v) is 3.01. The molecule has 0 saturated carbocycles. The van der Waals surface area contributed by atoms with E-state index >= 15 is 0 Å². The van der Waals surface area contributed by atoms with Crippen molar-refractivity contribution in [2.24, 2.45) is 0 Å². The monoisotopic (exact) mass is 213 g/mol. The van der Waals surface area contributed by atoms with Gasteiger partial charge in [-0.25, -0.2) is 0 Å². The Hall–Kier alpha value is -1.50. The number of rotatable bonds is 4. The molecule has 0 atom stereocenters. The summed E-state index contributed by atoms with van der Waals surface area (Å²) in [5.74, 6) is 0. The van der Waals surface area contributed by atoms with Crippen LogP contribution in [-0.4, -0.2) is 7.05 Å². The van der Waals surface area contributed by atoms with Crippen molar-refractivity contribution in [1.29, 1.82) is 0 Å². The lowest BCUT2D eigenvalue weighted by molar-refractivity contribution is 0.796. The van der Waals surface area contributed by atoms with Crippen LogP contribution in [0.15, 0.2) is 36.4 Å². The molecule has 1 nitrogen and oxygen atoms in total. The van der Waals surface area contributed by atoms with Gasteiger partial charge in [0.05, 0.1) is 0 Å². The Morgan fingerprint density at radius 1 is 1.00 bits per heavy atom. The Balaban J connectivity index is 2.32. The summed E-state index contributed by atoms with van der Waals surface area (Å²) in [6.45, 7) is 2.24. The molecule has 1 N–H and O–H groups in total. The highest BCUT2D eigenvalue weighted by atomic mass is 14.8. The standard InChI is InChI=1S/C15H19N/c1-3-4-5-12-6-7-14-11-15(16-2)9-8-13(14)10-12/h6-11,16H,3-5H2,1-2H3. The van der Waals surface area contributed by atoms with E-state index in [-0.39, 0.29) is 0 Å². The lowest BCUT2D eigenvalue weighted by Crippen LogP contribution is -1.88. The summed E-state index contributed by atoms with van der Waals surface area (Å²) in [6.07, 6.45) is 3.73. The molecule has 0 fully saturated rings. The van der Waals surface area contributed by atoms with Crippen LogP contribution in [0.2, 0.25) is 0 Å². The number of hydrogen-bond acceptors (Lipinski definition) is 1. The first kappa shape index (κ1) is 11.0. The van der Waals surface area contributed by atoms with E-state index in [4.69, 9.17) is 0 Å². The molecule has 0 bridgehead atoms. The van der Waals surface area contributed by atoms with Gasteiger partial charge in [0, 0.05) is 12.7 Å². The van der Waals surface area contributed by atoms with Gasteiger partial charge in [-0.15, -0.1) is 0 Å². The number of benzene rings is 2. The molecule has 1 heteroatoms.